The third kappa shape index (κ3) is 4.97. The largest absolute Gasteiger partial charge is 0.478 e. The minimum atomic E-state index is -0.921. The summed E-state index contributed by atoms with van der Waals surface area (Å²) in [7, 11) is 0. The van der Waals surface area contributed by atoms with Crippen LogP contribution >= 0.6 is 11.9 Å². The highest BCUT2D eigenvalue weighted by Gasteiger charge is 2.27. The monoisotopic (exact) mass is 402 g/mol. The van der Waals surface area contributed by atoms with E-state index in [4.69, 9.17) is 4.74 Å². The Bertz CT molecular complexity index is 870. The van der Waals surface area contributed by atoms with Crippen LogP contribution in [0.25, 0.3) is 10.8 Å². The molecule has 1 saturated heterocycles. The molecule has 0 bridgehead atoms. The molecule has 1 aliphatic rings. The number of carbonyl (C=O) groups excluding carboxylic acids is 1. The summed E-state index contributed by atoms with van der Waals surface area (Å²) in [6, 6.07) is 11.3. The second-order valence-corrected chi connectivity index (χ2v) is 8.80. The highest BCUT2D eigenvalue weighted by atomic mass is 32.2. The first kappa shape index (κ1) is 20.5. The number of likely N-dealkylation sites (tertiary alicyclic amines) is 1. The maximum Gasteiger partial charge on any atom is 0.410 e. The number of carboxylic acid groups (broad SMARTS) is 1. The summed E-state index contributed by atoms with van der Waals surface area (Å²) in [4.78, 5) is 26.4. The standard InChI is InChI=1S/C21H26N2O4S/c1-21(2,3)27-20(26)23-12-10-14(11-13-23)22-28-18-9-8-17(19(24)25)15-6-4-5-7-16(15)18/h4-9,14,22H,10-13H2,1-3H3,(H,24,25). The first-order valence-electron chi connectivity index (χ1n) is 9.40. The number of nitrogens with one attached hydrogen (secondary N) is 1. The SMILES string of the molecule is CC(C)(C)OC(=O)N1CCC(NSc2ccc(C(=O)O)c3ccccc23)CC1. The molecule has 2 N–H and O–H groups in total. The molecule has 0 spiro atoms. The van der Waals surface area contributed by atoms with Crippen molar-refractivity contribution < 1.29 is 19.4 Å². The number of hydrogen-bond acceptors (Lipinski definition) is 5. The van der Waals surface area contributed by atoms with Gasteiger partial charge < -0.3 is 14.7 Å². The number of benzene rings is 2. The lowest BCUT2D eigenvalue weighted by molar-refractivity contribution is 0.0204. The Labute approximate surface area is 169 Å². The number of aromatic carboxylic acids is 1. The van der Waals surface area contributed by atoms with Gasteiger partial charge in [-0.15, -0.1) is 0 Å². The third-order valence-electron chi connectivity index (χ3n) is 4.60. The molecule has 0 unspecified atom stereocenters. The Morgan fingerprint density at radius 3 is 2.36 bits per heavy atom. The lowest BCUT2D eigenvalue weighted by atomic mass is 10.0. The molecule has 0 saturated carbocycles. The van der Waals surface area contributed by atoms with E-state index in [2.05, 4.69) is 4.72 Å². The van der Waals surface area contributed by atoms with Gasteiger partial charge in [0.2, 0.25) is 0 Å². The van der Waals surface area contributed by atoms with Crippen LogP contribution in [-0.2, 0) is 4.74 Å². The third-order valence-corrected chi connectivity index (χ3v) is 5.62. The van der Waals surface area contributed by atoms with Crippen molar-refractivity contribution in [2.24, 2.45) is 0 Å². The second kappa shape index (κ2) is 8.41. The molecule has 0 aromatic heterocycles. The van der Waals surface area contributed by atoms with Gasteiger partial charge in [0.15, 0.2) is 0 Å². The number of carbonyl (C=O) groups is 2. The van der Waals surface area contributed by atoms with E-state index in [-0.39, 0.29) is 12.1 Å². The highest BCUT2D eigenvalue weighted by molar-refractivity contribution is 7.97. The van der Waals surface area contributed by atoms with Gasteiger partial charge >= 0.3 is 12.1 Å². The normalized spacial score (nSPS) is 15.6. The number of carboxylic acids is 1. The summed E-state index contributed by atoms with van der Waals surface area (Å²) in [6.07, 6.45) is 1.43. The Kier molecular flexibility index (Phi) is 6.15. The van der Waals surface area contributed by atoms with Crippen LogP contribution in [0.5, 0.6) is 0 Å². The van der Waals surface area contributed by atoms with Crippen LogP contribution in [0.4, 0.5) is 4.79 Å². The molecule has 1 fully saturated rings. The first-order valence-corrected chi connectivity index (χ1v) is 10.2. The van der Waals surface area contributed by atoms with E-state index in [1.165, 1.54) is 11.9 Å². The quantitative estimate of drug-likeness (QED) is 0.732. The molecule has 28 heavy (non-hydrogen) atoms. The summed E-state index contributed by atoms with van der Waals surface area (Å²) in [5, 5.41) is 11.0. The van der Waals surface area contributed by atoms with E-state index in [1.807, 2.05) is 51.1 Å². The summed E-state index contributed by atoms with van der Waals surface area (Å²) in [5.74, 6) is -0.921. The van der Waals surface area contributed by atoms with Crippen molar-refractivity contribution in [3.63, 3.8) is 0 Å². The molecule has 2 aromatic carbocycles. The molecule has 2 aromatic rings. The van der Waals surface area contributed by atoms with Crippen molar-refractivity contribution in [2.75, 3.05) is 13.1 Å². The van der Waals surface area contributed by atoms with Gasteiger partial charge in [-0.3, -0.25) is 4.72 Å². The lowest BCUT2D eigenvalue weighted by Crippen LogP contribution is -2.45. The molecule has 1 amide bonds. The van der Waals surface area contributed by atoms with Crippen LogP contribution in [-0.4, -0.2) is 46.8 Å². The first-order chi connectivity index (χ1) is 13.2. The average Bonchev–Trinajstić information content (AvgIpc) is 2.65. The topological polar surface area (TPSA) is 78.9 Å². The maximum absolute atomic E-state index is 12.2. The highest BCUT2D eigenvalue weighted by Crippen LogP contribution is 2.30. The van der Waals surface area contributed by atoms with Crippen molar-refractivity contribution in [1.82, 2.24) is 9.62 Å². The number of hydrogen-bond donors (Lipinski definition) is 2. The zero-order chi connectivity index (χ0) is 20.3. The van der Waals surface area contributed by atoms with Crippen LogP contribution < -0.4 is 4.72 Å². The van der Waals surface area contributed by atoms with E-state index in [0.717, 1.165) is 28.5 Å². The van der Waals surface area contributed by atoms with Crippen LogP contribution in [0.3, 0.4) is 0 Å². The van der Waals surface area contributed by atoms with Crippen molar-refractivity contribution in [2.45, 2.75) is 50.2 Å². The maximum atomic E-state index is 12.2. The zero-order valence-corrected chi connectivity index (χ0v) is 17.2. The minimum Gasteiger partial charge on any atom is -0.478 e. The molecule has 6 nitrogen and oxygen atoms in total. The van der Waals surface area contributed by atoms with Gasteiger partial charge in [0.25, 0.3) is 0 Å². The van der Waals surface area contributed by atoms with Gasteiger partial charge in [0.05, 0.1) is 5.56 Å². The van der Waals surface area contributed by atoms with E-state index in [9.17, 15) is 14.7 Å². The van der Waals surface area contributed by atoms with Gasteiger partial charge in [-0.1, -0.05) is 24.3 Å². The fraction of sp³-hybridized carbons (Fsp3) is 0.429. The van der Waals surface area contributed by atoms with Crippen molar-refractivity contribution in [3.05, 3.63) is 42.0 Å². The van der Waals surface area contributed by atoms with E-state index in [0.29, 0.717) is 18.7 Å². The second-order valence-electron chi connectivity index (χ2n) is 7.92. The molecule has 3 rings (SSSR count). The van der Waals surface area contributed by atoms with Crippen molar-refractivity contribution >= 4 is 34.8 Å². The Hall–Kier alpha value is -2.25. The van der Waals surface area contributed by atoms with E-state index in [1.54, 1.807) is 11.0 Å². The van der Waals surface area contributed by atoms with E-state index < -0.39 is 11.6 Å². The fourth-order valence-electron chi connectivity index (χ4n) is 3.20. The van der Waals surface area contributed by atoms with Crippen LogP contribution in [0, 0.1) is 0 Å². The molecule has 1 aliphatic heterocycles. The number of fused-ring (bicyclic) bond motifs is 1. The fourth-order valence-corrected chi connectivity index (χ4v) is 4.15. The van der Waals surface area contributed by atoms with E-state index >= 15 is 0 Å². The summed E-state index contributed by atoms with van der Waals surface area (Å²) >= 11 is 1.52. The Balaban J connectivity index is 1.60. The molecule has 0 atom stereocenters. The van der Waals surface area contributed by atoms with Crippen LogP contribution in [0.2, 0.25) is 0 Å². The lowest BCUT2D eigenvalue weighted by Gasteiger charge is -2.33. The number of rotatable bonds is 4. The van der Waals surface area contributed by atoms with Crippen LogP contribution in [0.15, 0.2) is 41.3 Å². The average molecular weight is 403 g/mol. The predicted molar refractivity (Wildman–Crippen MR) is 111 cm³/mol. The number of amides is 1. The smallest absolute Gasteiger partial charge is 0.410 e. The summed E-state index contributed by atoms with van der Waals surface area (Å²) in [6.45, 7) is 6.93. The Morgan fingerprint density at radius 1 is 1.11 bits per heavy atom. The predicted octanol–water partition coefficient (Wildman–Crippen LogP) is 4.53. The van der Waals surface area contributed by atoms with Crippen LogP contribution in [0.1, 0.15) is 44.0 Å². The van der Waals surface area contributed by atoms with Crippen molar-refractivity contribution in [3.8, 4) is 0 Å². The van der Waals surface area contributed by atoms with Gasteiger partial charge in [0, 0.05) is 24.0 Å². The number of nitrogens with zero attached hydrogens (tertiary/aromatic N) is 1. The van der Waals surface area contributed by atoms with Crippen molar-refractivity contribution in [1.29, 1.82) is 0 Å². The molecule has 0 radical (unpaired) electrons. The summed E-state index contributed by atoms with van der Waals surface area (Å²) in [5.41, 5.74) is -0.170. The molecular formula is C21H26N2O4S. The molecule has 1 heterocycles. The van der Waals surface area contributed by atoms with Gasteiger partial charge in [0.1, 0.15) is 5.60 Å². The number of piperidine rings is 1. The number of ether oxygens (including phenoxy) is 1. The Morgan fingerprint density at radius 2 is 1.75 bits per heavy atom. The molecule has 150 valence electrons. The molecular weight excluding hydrogens is 376 g/mol. The molecule has 0 aliphatic carbocycles. The van der Waals surface area contributed by atoms with Gasteiger partial charge in [-0.2, -0.15) is 0 Å². The van der Waals surface area contributed by atoms with Gasteiger partial charge in [-0.05, 0) is 68.5 Å². The minimum absolute atomic E-state index is 0.256. The zero-order valence-electron chi connectivity index (χ0n) is 16.4. The van der Waals surface area contributed by atoms with Gasteiger partial charge in [-0.25, -0.2) is 9.59 Å². The summed E-state index contributed by atoms with van der Waals surface area (Å²) < 4.78 is 8.91. The molecule has 7 heteroatoms.